The van der Waals surface area contributed by atoms with Crippen molar-refractivity contribution >= 4 is 35.4 Å². The van der Waals surface area contributed by atoms with Crippen molar-refractivity contribution in [1.82, 2.24) is 5.32 Å². The third-order valence-corrected chi connectivity index (χ3v) is 3.73. The highest BCUT2D eigenvalue weighted by Gasteiger charge is 2.20. The normalized spacial score (nSPS) is 11.6. The highest BCUT2D eigenvalue weighted by molar-refractivity contribution is 6.31. The van der Waals surface area contributed by atoms with Crippen molar-refractivity contribution in [3.05, 3.63) is 74.8 Å². The molecule has 1 N–H and O–H groups in total. The second kappa shape index (κ2) is 10.0. The molecule has 2 aromatic carbocycles. The van der Waals surface area contributed by atoms with Crippen LogP contribution in [0.3, 0.4) is 0 Å². The first-order valence-corrected chi connectivity index (χ1v) is 8.31. The van der Waals surface area contributed by atoms with Crippen LogP contribution in [0.5, 0.6) is 0 Å². The van der Waals surface area contributed by atoms with Crippen LogP contribution in [0.25, 0.3) is 0 Å². The zero-order valence-electron chi connectivity index (χ0n) is 14.7. The van der Waals surface area contributed by atoms with E-state index in [0.717, 1.165) is 6.21 Å². The number of hydrogen-bond donors (Lipinski definition) is 1. The number of carbonyl (C=O) groups is 2. The predicted molar refractivity (Wildman–Crippen MR) is 101 cm³/mol. The lowest BCUT2D eigenvalue weighted by Crippen LogP contribution is -2.42. The number of nitro benzene ring substituents is 1. The molecule has 0 fully saturated rings. The molecule has 0 aromatic heterocycles. The Kier molecular flexibility index (Phi) is 7.46. The Balaban J connectivity index is 1.96. The van der Waals surface area contributed by atoms with Crippen molar-refractivity contribution in [3.8, 4) is 0 Å². The first-order valence-electron chi connectivity index (χ1n) is 7.93. The molecular formula is C18H16ClN3O6. The standard InChI is InChI=1S/C18H16ClN3O6/c1-27-18(24)16(21-17(23)13-3-2-4-14(19)9-13)10-20-28-11-12-5-7-15(8-6-12)22(25)26/h2-10,16H,11H2,1H3,(H,21,23). The Morgan fingerprint density at radius 3 is 2.61 bits per heavy atom. The van der Waals surface area contributed by atoms with Crippen LogP contribution in [-0.2, 0) is 21.0 Å². The second-order valence-electron chi connectivity index (χ2n) is 5.44. The molecule has 0 heterocycles. The lowest BCUT2D eigenvalue weighted by molar-refractivity contribution is -0.384. The molecule has 0 spiro atoms. The van der Waals surface area contributed by atoms with E-state index in [4.69, 9.17) is 16.4 Å². The molecule has 9 nitrogen and oxygen atoms in total. The molecule has 1 amide bonds. The molecule has 1 atom stereocenters. The van der Waals surface area contributed by atoms with E-state index in [-0.39, 0.29) is 17.9 Å². The van der Waals surface area contributed by atoms with Gasteiger partial charge in [0.25, 0.3) is 11.6 Å². The summed E-state index contributed by atoms with van der Waals surface area (Å²) in [5, 5.41) is 17.1. The van der Waals surface area contributed by atoms with Crippen molar-refractivity contribution in [2.24, 2.45) is 5.16 Å². The molecule has 0 aliphatic rings. The predicted octanol–water partition coefficient (Wildman–Crippen LogP) is 2.72. The number of nitro groups is 1. The van der Waals surface area contributed by atoms with Gasteiger partial charge in [-0.05, 0) is 35.9 Å². The fourth-order valence-corrected chi connectivity index (χ4v) is 2.26. The number of amides is 1. The van der Waals surface area contributed by atoms with Gasteiger partial charge in [-0.1, -0.05) is 22.8 Å². The molecule has 10 heteroatoms. The second-order valence-corrected chi connectivity index (χ2v) is 5.87. The van der Waals surface area contributed by atoms with Gasteiger partial charge in [0.05, 0.1) is 18.2 Å². The van der Waals surface area contributed by atoms with Crippen LogP contribution in [0.4, 0.5) is 5.69 Å². The van der Waals surface area contributed by atoms with Gasteiger partial charge in [0.1, 0.15) is 6.61 Å². The first kappa shape index (κ1) is 20.8. The van der Waals surface area contributed by atoms with Gasteiger partial charge in [-0.2, -0.15) is 0 Å². The van der Waals surface area contributed by atoms with Crippen molar-refractivity contribution in [3.63, 3.8) is 0 Å². The van der Waals surface area contributed by atoms with Crippen molar-refractivity contribution in [2.75, 3.05) is 7.11 Å². The highest BCUT2D eigenvalue weighted by atomic mass is 35.5. The molecule has 2 rings (SSSR count). The van der Waals surface area contributed by atoms with Crippen molar-refractivity contribution in [2.45, 2.75) is 12.6 Å². The number of non-ortho nitro benzene ring substituents is 1. The minimum atomic E-state index is -1.17. The van der Waals surface area contributed by atoms with E-state index in [1.54, 1.807) is 12.1 Å². The summed E-state index contributed by atoms with van der Waals surface area (Å²) in [5.74, 6) is -1.28. The zero-order chi connectivity index (χ0) is 20.5. The molecule has 0 saturated carbocycles. The third kappa shape index (κ3) is 6.06. The Morgan fingerprint density at radius 1 is 1.29 bits per heavy atom. The minimum absolute atomic E-state index is 0.0185. The van der Waals surface area contributed by atoms with Crippen LogP contribution in [0.2, 0.25) is 5.02 Å². The summed E-state index contributed by atoms with van der Waals surface area (Å²) in [6, 6.07) is 10.8. The number of nitrogens with zero attached hydrogens (tertiary/aromatic N) is 2. The molecule has 0 aliphatic carbocycles. The molecule has 0 bridgehead atoms. The van der Waals surface area contributed by atoms with Crippen molar-refractivity contribution in [1.29, 1.82) is 0 Å². The number of hydrogen-bond acceptors (Lipinski definition) is 7. The molecule has 2 aromatic rings. The molecule has 1 unspecified atom stereocenters. The molecule has 146 valence electrons. The van der Waals surface area contributed by atoms with Crippen LogP contribution in [0, 0.1) is 10.1 Å². The van der Waals surface area contributed by atoms with E-state index in [1.165, 1.54) is 43.5 Å². The van der Waals surface area contributed by atoms with E-state index in [2.05, 4.69) is 15.2 Å². The third-order valence-electron chi connectivity index (χ3n) is 3.49. The largest absolute Gasteiger partial charge is 0.467 e. The Bertz CT molecular complexity index is 885. The molecule has 0 saturated heterocycles. The van der Waals surface area contributed by atoms with Gasteiger partial charge in [0.15, 0.2) is 6.04 Å². The van der Waals surface area contributed by atoms with Crippen LogP contribution >= 0.6 is 11.6 Å². The number of carbonyl (C=O) groups excluding carboxylic acids is 2. The fourth-order valence-electron chi connectivity index (χ4n) is 2.07. The maximum atomic E-state index is 12.2. The number of ether oxygens (including phenoxy) is 1. The Morgan fingerprint density at radius 2 is 2.00 bits per heavy atom. The number of halogens is 1. The number of oxime groups is 1. The minimum Gasteiger partial charge on any atom is -0.467 e. The summed E-state index contributed by atoms with van der Waals surface area (Å²) in [6.45, 7) is 0.0185. The number of esters is 1. The van der Waals surface area contributed by atoms with E-state index in [0.29, 0.717) is 10.6 Å². The van der Waals surface area contributed by atoms with Crippen LogP contribution in [-0.4, -0.2) is 36.2 Å². The summed E-state index contributed by atoms with van der Waals surface area (Å²) >= 11 is 5.85. The quantitative estimate of drug-likeness (QED) is 0.312. The Labute approximate surface area is 165 Å². The number of benzene rings is 2. The topological polar surface area (TPSA) is 120 Å². The van der Waals surface area contributed by atoms with Crippen LogP contribution in [0.1, 0.15) is 15.9 Å². The van der Waals surface area contributed by atoms with E-state index < -0.39 is 22.8 Å². The maximum Gasteiger partial charge on any atom is 0.334 e. The molecule has 28 heavy (non-hydrogen) atoms. The van der Waals surface area contributed by atoms with Gasteiger partial charge < -0.3 is 14.9 Å². The van der Waals surface area contributed by atoms with Gasteiger partial charge >= 0.3 is 5.97 Å². The number of nitrogens with one attached hydrogen (secondary N) is 1. The van der Waals surface area contributed by atoms with Crippen molar-refractivity contribution < 1.29 is 24.1 Å². The van der Waals surface area contributed by atoms with Gasteiger partial charge in [0, 0.05) is 22.7 Å². The molecular weight excluding hydrogens is 390 g/mol. The van der Waals surface area contributed by atoms with E-state index in [9.17, 15) is 19.7 Å². The molecule has 0 radical (unpaired) electrons. The van der Waals surface area contributed by atoms with E-state index in [1.807, 2.05) is 0 Å². The lowest BCUT2D eigenvalue weighted by atomic mass is 10.2. The number of rotatable bonds is 8. The maximum absolute atomic E-state index is 12.2. The fraction of sp³-hybridized carbons (Fsp3) is 0.167. The first-order chi connectivity index (χ1) is 13.4. The number of methoxy groups -OCH3 is 1. The smallest absolute Gasteiger partial charge is 0.334 e. The summed E-state index contributed by atoms with van der Waals surface area (Å²) in [5.41, 5.74) is 0.865. The SMILES string of the molecule is COC(=O)C(C=NOCc1ccc([N+](=O)[O-])cc1)NC(=O)c1cccc(Cl)c1. The summed E-state index contributed by atoms with van der Waals surface area (Å²) in [6.07, 6.45) is 1.08. The van der Waals surface area contributed by atoms with Gasteiger partial charge in [-0.25, -0.2) is 4.79 Å². The summed E-state index contributed by atoms with van der Waals surface area (Å²) < 4.78 is 4.63. The van der Waals surface area contributed by atoms with Gasteiger partial charge in [0.2, 0.25) is 0 Å². The average molecular weight is 406 g/mol. The highest BCUT2D eigenvalue weighted by Crippen LogP contribution is 2.13. The average Bonchev–Trinajstić information content (AvgIpc) is 2.69. The Hall–Kier alpha value is -3.46. The lowest BCUT2D eigenvalue weighted by Gasteiger charge is -2.12. The van der Waals surface area contributed by atoms with Gasteiger partial charge in [-0.3, -0.25) is 14.9 Å². The summed E-state index contributed by atoms with van der Waals surface area (Å²) in [7, 11) is 1.17. The van der Waals surface area contributed by atoms with E-state index >= 15 is 0 Å². The van der Waals surface area contributed by atoms with Crippen LogP contribution < -0.4 is 5.32 Å². The molecule has 0 aliphatic heterocycles. The zero-order valence-corrected chi connectivity index (χ0v) is 15.5. The van der Waals surface area contributed by atoms with Crippen LogP contribution in [0.15, 0.2) is 53.7 Å². The summed E-state index contributed by atoms with van der Waals surface area (Å²) in [4.78, 5) is 39.2. The van der Waals surface area contributed by atoms with Gasteiger partial charge in [-0.15, -0.1) is 0 Å². The monoisotopic (exact) mass is 405 g/mol.